The maximum Gasteiger partial charge on any atom is 0.226 e. The molecule has 1 saturated heterocycles. The fraction of sp³-hybridized carbons (Fsp3) is 0.847. The summed E-state index contributed by atoms with van der Waals surface area (Å²) in [7, 11) is 1.70. The standard InChI is InChI=1S/C72H124O15/c1-8-9-10-16-22-71(75)72(76)35-17-21-67(87-72)55-70(77-7)60(5)20-15-13-11-12-14-19-59(4)69(74)56-68(65-30-31-65)61(6)54-57(2)23-25-63(64-28-29-64)27-26-62-32-34-66(33-24-58(62)3)86-53-52-85-51-50-84-49-48-83-47-46-82-45-44-81-43-42-80-41-40-79-39-38-78-37-18-36-73/h11-13,15,20,36,54,57-59,62-68,70,76H,8-10,14,16-19,21-35,37-53,55-56H2,1-7H3/b12-11+,15-13+,60-20+,61-54+/t57?,58-,59?,62?,63?,66?,67?,68?,70?,72-/m1/s1. The third-order valence-corrected chi connectivity index (χ3v) is 18.5. The van der Waals surface area contributed by atoms with Gasteiger partial charge in [-0.3, -0.25) is 9.59 Å². The Hall–Kier alpha value is -2.51. The molecule has 87 heavy (non-hydrogen) atoms. The van der Waals surface area contributed by atoms with Gasteiger partial charge in [0.1, 0.15) is 12.1 Å². The Morgan fingerprint density at radius 2 is 1.22 bits per heavy atom. The number of methoxy groups -OCH3 is 1. The molecule has 0 aromatic heterocycles. The summed E-state index contributed by atoms with van der Waals surface area (Å²) in [4.78, 5) is 36.8. The molecule has 4 fully saturated rings. The highest BCUT2D eigenvalue weighted by Gasteiger charge is 2.42. The Bertz CT molecular complexity index is 1900. The average Bonchev–Trinajstić information content (AvgIpc) is 3.04. The lowest BCUT2D eigenvalue weighted by molar-refractivity contribution is -0.245. The summed E-state index contributed by atoms with van der Waals surface area (Å²) < 4.78 is 62.6. The van der Waals surface area contributed by atoms with E-state index >= 15 is 0 Å². The van der Waals surface area contributed by atoms with E-state index in [0.717, 1.165) is 99.7 Å². The molecule has 502 valence electrons. The van der Waals surface area contributed by atoms with Crippen molar-refractivity contribution in [1.29, 1.82) is 0 Å². The van der Waals surface area contributed by atoms with E-state index in [1.54, 1.807) is 7.11 Å². The van der Waals surface area contributed by atoms with Crippen molar-refractivity contribution < 1.29 is 71.6 Å². The highest BCUT2D eigenvalue weighted by molar-refractivity contribution is 5.85. The highest BCUT2D eigenvalue weighted by atomic mass is 16.6. The van der Waals surface area contributed by atoms with Crippen molar-refractivity contribution >= 4 is 17.9 Å². The lowest BCUT2D eigenvalue weighted by Gasteiger charge is -2.37. The Morgan fingerprint density at radius 1 is 0.632 bits per heavy atom. The molecule has 8 unspecified atom stereocenters. The van der Waals surface area contributed by atoms with E-state index < -0.39 is 5.79 Å². The summed E-state index contributed by atoms with van der Waals surface area (Å²) in [6, 6.07) is 0. The molecule has 1 aliphatic heterocycles. The number of ketones is 2. The molecule has 0 amide bonds. The number of ether oxygens (including phenoxy) is 11. The molecule has 3 aliphatic carbocycles. The molecule has 3 saturated carbocycles. The summed E-state index contributed by atoms with van der Waals surface area (Å²) in [5.41, 5.74) is 2.51. The van der Waals surface area contributed by atoms with E-state index in [4.69, 9.17) is 52.1 Å². The van der Waals surface area contributed by atoms with Crippen molar-refractivity contribution in [2.75, 3.05) is 119 Å². The molecule has 10 atom stereocenters. The van der Waals surface area contributed by atoms with Crippen molar-refractivity contribution in [3.8, 4) is 0 Å². The van der Waals surface area contributed by atoms with Crippen LogP contribution in [0.1, 0.15) is 202 Å². The number of hydrogen-bond acceptors (Lipinski definition) is 15. The van der Waals surface area contributed by atoms with Crippen molar-refractivity contribution in [1.82, 2.24) is 0 Å². The summed E-state index contributed by atoms with van der Waals surface area (Å²) in [5.74, 6) is 3.43. The molecule has 1 N–H and O–H groups in total. The quantitative estimate of drug-likeness (QED) is 0.0200. The molecular formula is C72H124O15. The summed E-state index contributed by atoms with van der Waals surface area (Å²) in [6.07, 6.45) is 38.7. The van der Waals surface area contributed by atoms with E-state index in [0.29, 0.717) is 174 Å². The Kier molecular flexibility index (Phi) is 42.7. The molecule has 4 rings (SSSR count). The van der Waals surface area contributed by atoms with Gasteiger partial charge >= 0.3 is 0 Å². The number of carbonyl (C=O) groups excluding carboxylic acids is 3. The molecule has 0 bridgehead atoms. The Balaban J connectivity index is 1.00. The van der Waals surface area contributed by atoms with Crippen LogP contribution in [0.2, 0.25) is 0 Å². The molecular weight excluding hydrogens is 1100 g/mol. The van der Waals surface area contributed by atoms with Gasteiger partial charge in [0.2, 0.25) is 5.79 Å². The number of aldehydes is 1. The van der Waals surface area contributed by atoms with E-state index in [1.807, 2.05) is 12.2 Å². The van der Waals surface area contributed by atoms with Gasteiger partial charge < -0.3 is 62.0 Å². The van der Waals surface area contributed by atoms with Gasteiger partial charge in [-0.25, -0.2) is 0 Å². The largest absolute Gasteiger partial charge is 0.379 e. The van der Waals surface area contributed by atoms with Crippen LogP contribution in [0, 0.1) is 47.3 Å². The van der Waals surface area contributed by atoms with Crippen molar-refractivity contribution in [2.45, 2.75) is 226 Å². The lowest BCUT2D eigenvalue weighted by Crippen LogP contribution is -2.48. The molecule has 4 aliphatic rings. The highest BCUT2D eigenvalue weighted by Crippen LogP contribution is 2.46. The maximum atomic E-state index is 13.7. The number of Topliss-reactive ketones (excluding diaryl/α,β-unsaturated/α-hetero) is 2. The first kappa shape index (κ1) is 76.9. The van der Waals surface area contributed by atoms with Crippen molar-refractivity contribution in [3.63, 3.8) is 0 Å². The van der Waals surface area contributed by atoms with Crippen LogP contribution >= 0.6 is 0 Å². The van der Waals surface area contributed by atoms with Crippen LogP contribution in [0.4, 0.5) is 0 Å². The SMILES string of the molecule is CCCCCCC(=O)[C@@]1(O)CCCC(CC(OC)/C(C)=C/C=C/C=C/CCC(C)C(=O)CC(/C(C)=C/C(C)CCC(CCC2CCC(OCCOCCOCCOCCOCCOCCOCCOCCOCCC=O)CC[C@H]2C)C2CC2)C2CC2)O1. The number of unbranched alkanes of at least 4 members (excludes halogenated alkanes) is 3. The minimum atomic E-state index is -1.67. The van der Waals surface area contributed by atoms with Crippen LogP contribution in [0.5, 0.6) is 0 Å². The number of rotatable bonds is 56. The average molecular weight is 1230 g/mol. The maximum absolute atomic E-state index is 13.7. The zero-order valence-electron chi connectivity index (χ0n) is 55.8. The Labute approximate surface area is 527 Å². The predicted molar refractivity (Wildman–Crippen MR) is 345 cm³/mol. The van der Waals surface area contributed by atoms with Crippen LogP contribution in [-0.2, 0) is 66.5 Å². The first-order chi connectivity index (χ1) is 42.4. The second-order valence-electron chi connectivity index (χ2n) is 25.8. The molecule has 0 radical (unpaired) electrons. The first-order valence-corrected chi connectivity index (χ1v) is 34.7. The second kappa shape index (κ2) is 48.3. The fourth-order valence-electron chi connectivity index (χ4n) is 12.5. The zero-order chi connectivity index (χ0) is 62.6. The number of aliphatic hydroxyl groups is 1. The van der Waals surface area contributed by atoms with Gasteiger partial charge in [0, 0.05) is 45.1 Å². The molecule has 15 nitrogen and oxygen atoms in total. The van der Waals surface area contributed by atoms with Gasteiger partial charge in [-0.15, -0.1) is 0 Å². The van der Waals surface area contributed by atoms with Crippen LogP contribution in [0.3, 0.4) is 0 Å². The van der Waals surface area contributed by atoms with E-state index in [-0.39, 0.29) is 23.9 Å². The minimum absolute atomic E-state index is 0.0439. The normalized spacial score (nSPS) is 23.3. The number of allylic oxidation sites excluding steroid dienone is 7. The van der Waals surface area contributed by atoms with Crippen LogP contribution < -0.4 is 0 Å². The van der Waals surface area contributed by atoms with Gasteiger partial charge in [0.05, 0.1) is 131 Å². The molecule has 0 spiro atoms. The monoisotopic (exact) mass is 1230 g/mol. The molecule has 0 aromatic carbocycles. The van der Waals surface area contributed by atoms with Crippen molar-refractivity contribution in [3.05, 3.63) is 47.6 Å². The number of carbonyl (C=O) groups is 3. The molecule has 15 heteroatoms. The van der Waals surface area contributed by atoms with E-state index in [1.165, 1.54) is 69.8 Å². The van der Waals surface area contributed by atoms with Crippen LogP contribution in [-0.4, -0.2) is 166 Å². The first-order valence-electron chi connectivity index (χ1n) is 34.7. The van der Waals surface area contributed by atoms with Crippen molar-refractivity contribution in [2.24, 2.45) is 47.3 Å². The van der Waals surface area contributed by atoms with Gasteiger partial charge in [-0.1, -0.05) is 89.0 Å². The third-order valence-electron chi connectivity index (χ3n) is 18.5. The van der Waals surface area contributed by atoms with Gasteiger partial charge in [-0.2, -0.15) is 0 Å². The predicted octanol–water partition coefficient (Wildman–Crippen LogP) is 13.8. The van der Waals surface area contributed by atoms with Gasteiger partial charge in [0.25, 0.3) is 0 Å². The smallest absolute Gasteiger partial charge is 0.226 e. The van der Waals surface area contributed by atoms with E-state index in [9.17, 15) is 19.5 Å². The topological polar surface area (TPSA) is 173 Å². The fourth-order valence-corrected chi connectivity index (χ4v) is 12.5. The molecule has 0 aromatic rings. The second-order valence-corrected chi connectivity index (χ2v) is 25.8. The minimum Gasteiger partial charge on any atom is -0.379 e. The van der Waals surface area contributed by atoms with Gasteiger partial charge in [0.15, 0.2) is 5.78 Å². The van der Waals surface area contributed by atoms with Crippen LogP contribution in [0.25, 0.3) is 0 Å². The summed E-state index contributed by atoms with van der Waals surface area (Å²) in [5, 5.41) is 11.1. The lowest BCUT2D eigenvalue weighted by atomic mass is 9.80. The van der Waals surface area contributed by atoms with Gasteiger partial charge in [-0.05, 0) is 170 Å². The molecule has 1 heterocycles. The Morgan fingerprint density at radius 3 is 1.79 bits per heavy atom. The number of hydrogen-bond donors (Lipinski definition) is 1. The zero-order valence-corrected chi connectivity index (χ0v) is 55.8. The van der Waals surface area contributed by atoms with Crippen LogP contribution in [0.15, 0.2) is 47.6 Å². The summed E-state index contributed by atoms with van der Waals surface area (Å²) in [6.45, 7) is 22.3. The van der Waals surface area contributed by atoms with E-state index in [2.05, 4.69) is 65.8 Å². The third kappa shape index (κ3) is 35.8. The summed E-state index contributed by atoms with van der Waals surface area (Å²) >= 11 is 0.